The Hall–Kier alpha value is -2.36. The van der Waals surface area contributed by atoms with Gasteiger partial charge in [0, 0.05) is 28.2 Å². The molecule has 0 unspecified atom stereocenters. The number of carbonyl (C=O) groups excluding carboxylic acids is 2. The number of halogens is 3. The lowest BCUT2D eigenvalue weighted by Crippen LogP contribution is -2.53. The second-order valence-electron chi connectivity index (χ2n) is 8.21. The third-order valence-electron chi connectivity index (χ3n) is 5.57. The van der Waals surface area contributed by atoms with E-state index in [1.54, 1.807) is 25.1 Å². The Bertz CT molecular complexity index is 1130. The molecule has 0 aliphatic carbocycles. The van der Waals surface area contributed by atoms with Crippen LogP contribution in [0.2, 0.25) is 10.0 Å². The van der Waals surface area contributed by atoms with E-state index in [0.717, 1.165) is 22.7 Å². The highest BCUT2D eigenvalue weighted by atomic mass is 35.5. The molecule has 0 fully saturated rings. The van der Waals surface area contributed by atoms with Crippen molar-refractivity contribution in [2.75, 3.05) is 17.1 Å². The second-order valence-corrected chi connectivity index (χ2v) is 10.9. The van der Waals surface area contributed by atoms with Gasteiger partial charge in [0.2, 0.25) is 21.8 Å². The molecule has 0 saturated heterocycles. The Morgan fingerprint density at radius 2 is 1.60 bits per heavy atom. The molecule has 2 amide bonds. The van der Waals surface area contributed by atoms with E-state index in [1.165, 1.54) is 17.0 Å². The third kappa shape index (κ3) is 7.81. The van der Waals surface area contributed by atoms with Gasteiger partial charge >= 0.3 is 0 Å². The number of amides is 2. The highest BCUT2D eigenvalue weighted by Crippen LogP contribution is 2.27. The highest BCUT2D eigenvalue weighted by Gasteiger charge is 2.32. The fourth-order valence-electron chi connectivity index (χ4n) is 3.44. The van der Waals surface area contributed by atoms with Crippen LogP contribution in [-0.4, -0.2) is 50.0 Å². The minimum atomic E-state index is -3.91. The molecule has 1 N–H and O–H groups in total. The number of sulfonamides is 1. The SMILES string of the molecule is CC[C@@H](C)NC(=O)[C@H](CC)N(Cc1c(Cl)cccc1Cl)C(=O)CN(c1ccc(F)cc1)S(C)(=O)=O. The predicted molar refractivity (Wildman–Crippen MR) is 138 cm³/mol. The first-order valence-electron chi connectivity index (χ1n) is 11.1. The minimum Gasteiger partial charge on any atom is -0.352 e. The van der Waals surface area contributed by atoms with Crippen LogP contribution in [0.1, 0.15) is 39.2 Å². The molecule has 2 aromatic carbocycles. The van der Waals surface area contributed by atoms with Crippen LogP contribution in [0.5, 0.6) is 0 Å². The molecule has 2 atom stereocenters. The average molecular weight is 546 g/mol. The van der Waals surface area contributed by atoms with E-state index in [0.29, 0.717) is 22.0 Å². The molecule has 0 aliphatic heterocycles. The Morgan fingerprint density at radius 1 is 1.03 bits per heavy atom. The van der Waals surface area contributed by atoms with Crippen LogP contribution < -0.4 is 9.62 Å². The summed E-state index contributed by atoms with van der Waals surface area (Å²) in [5, 5.41) is 3.50. The van der Waals surface area contributed by atoms with Gasteiger partial charge in [-0.15, -0.1) is 0 Å². The van der Waals surface area contributed by atoms with Gasteiger partial charge in [0.05, 0.1) is 11.9 Å². The zero-order valence-electron chi connectivity index (χ0n) is 20.1. The number of rotatable bonds is 11. The number of hydrogen-bond donors (Lipinski definition) is 1. The molecule has 2 rings (SSSR count). The van der Waals surface area contributed by atoms with Crippen molar-refractivity contribution in [1.29, 1.82) is 0 Å². The smallest absolute Gasteiger partial charge is 0.244 e. The average Bonchev–Trinajstić information content (AvgIpc) is 2.78. The van der Waals surface area contributed by atoms with Crippen LogP contribution in [0.15, 0.2) is 42.5 Å². The maximum Gasteiger partial charge on any atom is 0.244 e. The topological polar surface area (TPSA) is 86.8 Å². The molecular weight excluding hydrogens is 516 g/mol. The summed E-state index contributed by atoms with van der Waals surface area (Å²) in [4.78, 5) is 28.0. The predicted octanol–water partition coefficient (Wildman–Crippen LogP) is 4.62. The molecule has 35 heavy (non-hydrogen) atoms. The summed E-state index contributed by atoms with van der Waals surface area (Å²) in [6, 6.07) is 8.62. The summed E-state index contributed by atoms with van der Waals surface area (Å²) in [6.07, 6.45) is 1.91. The van der Waals surface area contributed by atoms with Gasteiger partial charge in [-0.25, -0.2) is 12.8 Å². The molecule has 0 aliphatic rings. The van der Waals surface area contributed by atoms with Gasteiger partial charge in [0.25, 0.3) is 0 Å². The van der Waals surface area contributed by atoms with E-state index in [1.807, 2.05) is 13.8 Å². The van der Waals surface area contributed by atoms with Gasteiger partial charge in [-0.05, 0) is 56.2 Å². The molecule has 7 nitrogen and oxygen atoms in total. The Balaban J connectivity index is 2.49. The Kier molecular flexibility index (Phi) is 10.4. The van der Waals surface area contributed by atoms with Crippen LogP contribution in [0, 0.1) is 5.82 Å². The van der Waals surface area contributed by atoms with Gasteiger partial charge in [-0.2, -0.15) is 0 Å². The Labute approximate surface area is 216 Å². The van der Waals surface area contributed by atoms with E-state index in [2.05, 4.69) is 5.32 Å². The third-order valence-corrected chi connectivity index (χ3v) is 7.42. The van der Waals surface area contributed by atoms with Gasteiger partial charge < -0.3 is 10.2 Å². The van der Waals surface area contributed by atoms with Crippen molar-refractivity contribution in [1.82, 2.24) is 10.2 Å². The van der Waals surface area contributed by atoms with Crippen molar-refractivity contribution in [3.8, 4) is 0 Å². The van der Waals surface area contributed by atoms with E-state index in [9.17, 15) is 22.4 Å². The summed E-state index contributed by atoms with van der Waals surface area (Å²) in [6.45, 7) is 4.82. The second kappa shape index (κ2) is 12.6. The molecule has 0 radical (unpaired) electrons. The summed E-state index contributed by atoms with van der Waals surface area (Å²) in [5.41, 5.74) is 0.557. The summed E-state index contributed by atoms with van der Waals surface area (Å²) in [5.74, 6) is -1.55. The van der Waals surface area contributed by atoms with Gasteiger partial charge in [0.1, 0.15) is 18.4 Å². The standard InChI is InChI=1S/C24H30Cl2FN3O4S/c1-5-16(3)28-24(32)22(6-2)29(14-19-20(25)8-7-9-21(19)26)23(31)15-30(35(4,33)34)18-12-10-17(27)11-13-18/h7-13,16,22H,5-6,14-15H2,1-4H3,(H,28,32)/t16-,22+/m1/s1. The molecule has 0 aromatic heterocycles. The van der Waals surface area contributed by atoms with E-state index in [-0.39, 0.29) is 30.6 Å². The normalized spacial score (nSPS) is 13.1. The van der Waals surface area contributed by atoms with Gasteiger partial charge in [-0.1, -0.05) is 43.1 Å². The van der Waals surface area contributed by atoms with Crippen LogP contribution >= 0.6 is 23.2 Å². The van der Waals surface area contributed by atoms with Crippen molar-refractivity contribution in [3.63, 3.8) is 0 Å². The van der Waals surface area contributed by atoms with Crippen molar-refractivity contribution in [2.24, 2.45) is 0 Å². The van der Waals surface area contributed by atoms with Crippen molar-refractivity contribution in [2.45, 2.75) is 52.2 Å². The quantitative estimate of drug-likeness (QED) is 0.446. The maximum atomic E-state index is 13.6. The fourth-order valence-corrected chi connectivity index (χ4v) is 4.80. The zero-order chi connectivity index (χ0) is 26.3. The highest BCUT2D eigenvalue weighted by molar-refractivity contribution is 7.92. The van der Waals surface area contributed by atoms with E-state index in [4.69, 9.17) is 23.2 Å². The monoisotopic (exact) mass is 545 g/mol. The maximum absolute atomic E-state index is 13.6. The lowest BCUT2D eigenvalue weighted by molar-refractivity contribution is -0.140. The lowest BCUT2D eigenvalue weighted by Gasteiger charge is -2.33. The molecule has 192 valence electrons. The van der Waals surface area contributed by atoms with Gasteiger partial charge in [-0.3, -0.25) is 13.9 Å². The first-order chi connectivity index (χ1) is 16.4. The van der Waals surface area contributed by atoms with Crippen LogP contribution in [0.4, 0.5) is 10.1 Å². The number of nitrogens with zero attached hydrogens (tertiary/aromatic N) is 2. The van der Waals surface area contributed by atoms with Crippen LogP contribution in [-0.2, 0) is 26.2 Å². The zero-order valence-corrected chi connectivity index (χ0v) is 22.4. The van der Waals surface area contributed by atoms with Crippen molar-refractivity contribution >= 4 is 50.7 Å². The molecule has 0 heterocycles. The van der Waals surface area contributed by atoms with Crippen LogP contribution in [0.3, 0.4) is 0 Å². The fraction of sp³-hybridized carbons (Fsp3) is 0.417. The van der Waals surface area contributed by atoms with Crippen LogP contribution in [0.25, 0.3) is 0 Å². The first kappa shape index (κ1) is 28.9. The number of benzene rings is 2. The largest absolute Gasteiger partial charge is 0.352 e. The molecule has 0 bridgehead atoms. The number of nitrogens with one attached hydrogen (secondary N) is 1. The van der Waals surface area contributed by atoms with E-state index >= 15 is 0 Å². The summed E-state index contributed by atoms with van der Waals surface area (Å²) >= 11 is 12.7. The first-order valence-corrected chi connectivity index (χ1v) is 13.7. The number of hydrogen-bond acceptors (Lipinski definition) is 4. The summed E-state index contributed by atoms with van der Waals surface area (Å²) in [7, 11) is -3.91. The molecule has 11 heteroatoms. The lowest BCUT2D eigenvalue weighted by atomic mass is 10.1. The molecule has 0 saturated carbocycles. The number of carbonyl (C=O) groups is 2. The number of anilines is 1. The summed E-state index contributed by atoms with van der Waals surface area (Å²) < 4.78 is 39.4. The Morgan fingerprint density at radius 3 is 2.09 bits per heavy atom. The van der Waals surface area contributed by atoms with Gasteiger partial charge in [0.15, 0.2) is 0 Å². The van der Waals surface area contributed by atoms with E-state index < -0.39 is 34.3 Å². The van der Waals surface area contributed by atoms with Crippen molar-refractivity contribution < 1.29 is 22.4 Å². The molecular formula is C24H30Cl2FN3O4S. The van der Waals surface area contributed by atoms with Crippen molar-refractivity contribution in [3.05, 3.63) is 63.9 Å². The minimum absolute atomic E-state index is 0.106. The molecule has 0 spiro atoms. The molecule has 2 aromatic rings.